The predicted octanol–water partition coefficient (Wildman–Crippen LogP) is 0.716. The molecule has 0 radical (unpaired) electrons. The first-order valence-electron chi connectivity index (χ1n) is 1.69. The van der Waals surface area contributed by atoms with E-state index < -0.39 is 15.9 Å². The molecule has 0 rings (SSSR count). The summed E-state index contributed by atoms with van der Waals surface area (Å²) in [5.74, 6) is 0. The van der Waals surface area contributed by atoms with Crippen molar-refractivity contribution in [3.05, 3.63) is 0 Å². The van der Waals surface area contributed by atoms with Gasteiger partial charge in [0.1, 0.15) is 0 Å². The Hall–Kier alpha value is 1.34. The zero-order valence-corrected chi connectivity index (χ0v) is 8.32. The first kappa shape index (κ1) is 6.34. The van der Waals surface area contributed by atoms with E-state index in [9.17, 15) is 0 Å². The van der Waals surface area contributed by atoms with Gasteiger partial charge in [0, 0.05) is 0 Å². The van der Waals surface area contributed by atoms with Crippen molar-refractivity contribution >= 4 is 34.4 Å². The van der Waals surface area contributed by atoms with Crippen LogP contribution in [0.3, 0.4) is 0 Å². The Morgan fingerprint density at radius 1 is 1.60 bits per heavy atom. The van der Waals surface area contributed by atoms with Crippen LogP contribution in [0.4, 0.5) is 0 Å². The molecule has 30 valence electrons. The van der Waals surface area contributed by atoms with Crippen LogP contribution in [0.5, 0.6) is 0 Å². The first-order valence-corrected chi connectivity index (χ1v) is 16.6. The standard InChI is InChI=1S/2CH3.BH2.BrH.Sn/h2*1H3;1H2;1H;/q;;+1;;/p-1. The average Bonchev–Trinajstić information content (AvgIpc) is 0.722. The van der Waals surface area contributed by atoms with E-state index in [0.717, 1.165) is 0 Å². The van der Waals surface area contributed by atoms with Crippen molar-refractivity contribution in [3.8, 4) is 0 Å². The number of hydrogen-bond donors (Lipinski definition) is 0. The Kier molecular flexibility index (Phi) is 2.37. The zero-order chi connectivity index (χ0) is 4.50. The third-order valence-electron chi connectivity index (χ3n) is 0. The normalized spacial score (nSPS) is 11.8. The fraction of sp³-hybridized carbons (Fsp3) is 1.00. The summed E-state index contributed by atoms with van der Waals surface area (Å²) in [7, 11) is 0. The molecule has 0 aliphatic rings. The van der Waals surface area contributed by atoms with Gasteiger partial charge >= 0.3 is 44.2 Å². The van der Waals surface area contributed by atoms with Gasteiger partial charge in [0.2, 0.25) is 0 Å². The molecule has 0 bridgehead atoms. The van der Waals surface area contributed by atoms with Crippen molar-refractivity contribution in [1.29, 1.82) is 0 Å². The van der Waals surface area contributed by atoms with Gasteiger partial charge in [0.15, 0.2) is 0 Å². The predicted molar refractivity (Wildman–Crippen MR) is 35.0 cm³/mol. The van der Waals surface area contributed by atoms with Crippen LogP contribution >= 0.6 is 12.7 Å². The molecule has 0 amide bonds. The van der Waals surface area contributed by atoms with E-state index in [1.807, 2.05) is 0 Å². The van der Waals surface area contributed by atoms with Crippen molar-refractivity contribution in [2.75, 3.05) is 0 Å². The molecule has 0 atom stereocenters. The summed E-state index contributed by atoms with van der Waals surface area (Å²) in [5, 5.41) is 0. The van der Waals surface area contributed by atoms with Gasteiger partial charge in [-0.3, -0.25) is 0 Å². The van der Waals surface area contributed by atoms with Crippen molar-refractivity contribution in [2.45, 2.75) is 9.88 Å². The second-order valence-electron chi connectivity index (χ2n) is 2.07. The van der Waals surface area contributed by atoms with Crippen LogP contribution in [-0.4, -0.2) is 21.7 Å². The van der Waals surface area contributed by atoms with Crippen molar-refractivity contribution < 1.29 is 0 Å². The second-order valence-corrected chi connectivity index (χ2v) is 29.8. The Morgan fingerprint density at radius 3 is 1.60 bits per heavy atom. The summed E-state index contributed by atoms with van der Waals surface area (Å²) in [6.45, 7) is 0. The van der Waals surface area contributed by atoms with Gasteiger partial charge in [-0.25, -0.2) is 0 Å². The second kappa shape index (κ2) is 1.87. The van der Waals surface area contributed by atoms with Crippen LogP contribution in [0.2, 0.25) is 9.88 Å². The van der Waals surface area contributed by atoms with Crippen LogP contribution in [0.25, 0.3) is 0 Å². The third-order valence-corrected chi connectivity index (χ3v) is 0. The summed E-state index contributed by atoms with van der Waals surface area (Å²) in [5.41, 5.74) is 2.31. The Morgan fingerprint density at radius 2 is 1.60 bits per heavy atom. The molecule has 0 aliphatic carbocycles. The Balaban J connectivity index is 3.02. The van der Waals surface area contributed by atoms with E-state index in [1.54, 1.807) is 0 Å². The molecule has 5 heavy (non-hydrogen) atoms. The molecule has 0 saturated heterocycles. The molecular weight excluding hydrogens is 233 g/mol. The van der Waals surface area contributed by atoms with Crippen LogP contribution in [0.1, 0.15) is 0 Å². The van der Waals surface area contributed by atoms with Gasteiger partial charge in [0.25, 0.3) is 0 Å². The molecule has 0 heterocycles. The van der Waals surface area contributed by atoms with Crippen LogP contribution < -0.4 is 0 Å². The molecule has 0 aromatic rings. The minimum atomic E-state index is -1.37. The molecular formula is C2H8BBrSn. The van der Waals surface area contributed by atoms with Gasteiger partial charge in [-0.1, -0.05) is 0 Å². The zero-order valence-electron chi connectivity index (χ0n) is 3.88. The van der Waals surface area contributed by atoms with E-state index in [2.05, 4.69) is 28.3 Å². The van der Waals surface area contributed by atoms with E-state index >= 15 is 0 Å². The number of rotatable bonds is 0. The van der Waals surface area contributed by atoms with Gasteiger partial charge < -0.3 is 0 Å². The SMILES string of the molecule is [BH2][Sn]([CH3])([CH3])[Br]. The molecule has 0 aromatic carbocycles. The van der Waals surface area contributed by atoms with Gasteiger partial charge in [0.05, 0.1) is 0 Å². The van der Waals surface area contributed by atoms with Crippen LogP contribution in [0, 0.1) is 0 Å². The monoisotopic (exact) mass is 242 g/mol. The van der Waals surface area contributed by atoms with Crippen LogP contribution in [-0.2, 0) is 0 Å². The number of halogens is 1. The molecule has 0 unspecified atom stereocenters. The quantitative estimate of drug-likeness (QED) is 0.548. The Labute approximate surface area is 44.1 Å². The minimum absolute atomic E-state index is 1.37. The summed E-state index contributed by atoms with van der Waals surface area (Å²) < 4.78 is 0. The fourth-order valence-electron chi connectivity index (χ4n) is 0. The maximum atomic E-state index is 3.58. The molecule has 0 nitrogen and oxygen atoms in total. The summed E-state index contributed by atoms with van der Waals surface area (Å²) in [4.78, 5) is 4.63. The topological polar surface area (TPSA) is 0 Å². The van der Waals surface area contributed by atoms with Crippen LogP contribution in [0.15, 0.2) is 0 Å². The van der Waals surface area contributed by atoms with E-state index in [0.29, 0.717) is 0 Å². The molecule has 0 aromatic heterocycles. The fourth-order valence-corrected chi connectivity index (χ4v) is 0. The van der Waals surface area contributed by atoms with E-state index in [1.165, 1.54) is 0 Å². The molecule has 0 fully saturated rings. The molecule has 3 heteroatoms. The van der Waals surface area contributed by atoms with Gasteiger partial charge in [-0.05, 0) is 0 Å². The van der Waals surface area contributed by atoms with Gasteiger partial charge in [-0.2, -0.15) is 0 Å². The summed E-state index contributed by atoms with van der Waals surface area (Å²) >= 11 is 2.22. The molecule has 0 saturated carbocycles. The Bertz CT molecular complexity index is 25.1. The third kappa shape index (κ3) is 33.1. The van der Waals surface area contributed by atoms with Crippen molar-refractivity contribution in [3.63, 3.8) is 0 Å². The van der Waals surface area contributed by atoms with E-state index in [-0.39, 0.29) is 0 Å². The summed E-state index contributed by atoms with van der Waals surface area (Å²) in [6, 6.07) is 0. The summed E-state index contributed by atoms with van der Waals surface area (Å²) in [6.07, 6.45) is 0. The van der Waals surface area contributed by atoms with Crippen molar-refractivity contribution in [1.82, 2.24) is 0 Å². The molecule has 0 aliphatic heterocycles. The maximum absolute atomic E-state index is 3.58. The number of hydrogen-bond acceptors (Lipinski definition) is 0. The average molecular weight is 242 g/mol. The van der Waals surface area contributed by atoms with E-state index in [4.69, 9.17) is 0 Å². The van der Waals surface area contributed by atoms with Crippen molar-refractivity contribution in [2.24, 2.45) is 0 Å². The first-order chi connectivity index (χ1) is 2.00. The van der Waals surface area contributed by atoms with Gasteiger partial charge in [-0.15, -0.1) is 0 Å². The molecule has 0 spiro atoms. The molecule has 0 N–H and O–H groups in total.